The van der Waals surface area contributed by atoms with E-state index in [1.165, 1.54) is 5.56 Å². The lowest BCUT2D eigenvalue weighted by Crippen LogP contribution is -2.43. The van der Waals surface area contributed by atoms with Crippen LogP contribution in [0, 0.1) is 12.8 Å². The number of nitrogens with two attached hydrogens (primary N) is 1. The number of amides is 2. The van der Waals surface area contributed by atoms with Crippen LogP contribution in [0.4, 0.5) is 0 Å². The zero-order valence-electron chi connectivity index (χ0n) is 16.0. The van der Waals surface area contributed by atoms with Crippen molar-refractivity contribution in [2.75, 3.05) is 26.7 Å². The smallest absolute Gasteiger partial charge is 0.236 e. The molecule has 0 radical (unpaired) electrons. The zero-order chi connectivity index (χ0) is 19.4. The van der Waals surface area contributed by atoms with Gasteiger partial charge in [-0.2, -0.15) is 5.10 Å². The van der Waals surface area contributed by atoms with Gasteiger partial charge in [0, 0.05) is 31.3 Å². The topological polar surface area (TPSA) is 84.5 Å². The number of nitrogens with zero attached hydrogens (tertiary/aromatic N) is 4. The van der Waals surface area contributed by atoms with Crippen LogP contribution in [0.5, 0.6) is 0 Å². The lowest BCUT2D eigenvalue weighted by atomic mass is 9.96. The quantitative estimate of drug-likeness (QED) is 0.833. The van der Waals surface area contributed by atoms with E-state index in [9.17, 15) is 9.59 Å². The van der Waals surface area contributed by atoms with Crippen LogP contribution in [0.1, 0.15) is 24.0 Å². The molecule has 0 atom stereocenters. The minimum Gasteiger partial charge on any atom is -0.369 e. The monoisotopic (exact) mass is 369 g/mol. The van der Waals surface area contributed by atoms with Gasteiger partial charge in [-0.15, -0.1) is 0 Å². The lowest BCUT2D eigenvalue weighted by Gasteiger charge is -2.31. The van der Waals surface area contributed by atoms with Gasteiger partial charge in [0.25, 0.3) is 0 Å². The van der Waals surface area contributed by atoms with Gasteiger partial charge in [-0.1, -0.05) is 12.1 Å². The number of likely N-dealkylation sites (N-methyl/N-ethyl adjacent to an activating group) is 1. The normalized spacial score (nSPS) is 15.6. The first kappa shape index (κ1) is 19.1. The Kier molecular flexibility index (Phi) is 5.91. The van der Waals surface area contributed by atoms with Crippen LogP contribution >= 0.6 is 0 Å². The maximum atomic E-state index is 12.5. The fraction of sp³-hybridized carbons (Fsp3) is 0.450. The number of hydrogen-bond acceptors (Lipinski definition) is 4. The van der Waals surface area contributed by atoms with E-state index in [2.05, 4.69) is 16.1 Å². The zero-order valence-corrected chi connectivity index (χ0v) is 16.0. The van der Waals surface area contributed by atoms with Crippen molar-refractivity contribution >= 4 is 11.8 Å². The largest absolute Gasteiger partial charge is 0.369 e. The van der Waals surface area contributed by atoms with Crippen molar-refractivity contribution in [1.29, 1.82) is 0 Å². The third-order valence-electron chi connectivity index (χ3n) is 5.10. The van der Waals surface area contributed by atoms with Gasteiger partial charge in [-0.25, -0.2) is 4.68 Å². The van der Waals surface area contributed by atoms with E-state index in [-0.39, 0.29) is 17.7 Å². The van der Waals surface area contributed by atoms with E-state index in [1.807, 2.05) is 43.0 Å². The molecule has 2 amide bonds. The maximum absolute atomic E-state index is 12.5. The highest BCUT2D eigenvalue weighted by Gasteiger charge is 2.25. The van der Waals surface area contributed by atoms with Crippen LogP contribution in [0.3, 0.4) is 0 Å². The predicted molar refractivity (Wildman–Crippen MR) is 103 cm³/mol. The fourth-order valence-electron chi connectivity index (χ4n) is 3.40. The number of benzene rings is 1. The van der Waals surface area contributed by atoms with E-state index in [0.29, 0.717) is 13.1 Å². The average Bonchev–Trinajstić information content (AvgIpc) is 3.10. The molecule has 0 unspecified atom stereocenters. The Balaban J connectivity index is 1.52. The van der Waals surface area contributed by atoms with Crippen LogP contribution in [0.15, 0.2) is 36.7 Å². The summed E-state index contributed by atoms with van der Waals surface area (Å²) in [7, 11) is 1.81. The number of aryl methyl sites for hydroxylation is 1. The van der Waals surface area contributed by atoms with E-state index in [1.54, 1.807) is 11.1 Å². The molecule has 2 aromatic rings. The number of carbonyl (C=O) groups is 2. The highest BCUT2D eigenvalue weighted by Crippen LogP contribution is 2.17. The number of carbonyl (C=O) groups excluding carboxylic acids is 2. The van der Waals surface area contributed by atoms with Gasteiger partial charge < -0.3 is 10.6 Å². The number of likely N-dealkylation sites (tertiary alicyclic amines) is 1. The summed E-state index contributed by atoms with van der Waals surface area (Å²) in [6, 6.07) is 8.13. The molecule has 1 aromatic carbocycles. The first-order valence-electron chi connectivity index (χ1n) is 9.28. The Morgan fingerprint density at radius 2 is 2.04 bits per heavy atom. The SMILES string of the molecule is Cc1cccc(-n2cc(CN(C)C(=O)CN3CCC(C(N)=O)CC3)cn2)c1. The molecule has 2 heterocycles. The first-order valence-corrected chi connectivity index (χ1v) is 9.28. The summed E-state index contributed by atoms with van der Waals surface area (Å²) in [5.74, 6) is -0.221. The maximum Gasteiger partial charge on any atom is 0.236 e. The molecule has 0 aliphatic carbocycles. The minimum atomic E-state index is -0.233. The molecule has 1 fully saturated rings. The second-order valence-electron chi connectivity index (χ2n) is 7.33. The van der Waals surface area contributed by atoms with Crippen molar-refractivity contribution in [2.45, 2.75) is 26.3 Å². The summed E-state index contributed by atoms with van der Waals surface area (Å²) in [5.41, 5.74) is 8.53. The van der Waals surface area contributed by atoms with Gasteiger partial charge in [0.05, 0.1) is 18.4 Å². The predicted octanol–water partition coefficient (Wildman–Crippen LogP) is 1.34. The van der Waals surface area contributed by atoms with Gasteiger partial charge in [-0.3, -0.25) is 14.5 Å². The van der Waals surface area contributed by atoms with Crippen LogP contribution in [-0.4, -0.2) is 58.1 Å². The molecular formula is C20H27N5O2. The Labute approximate surface area is 159 Å². The second kappa shape index (κ2) is 8.35. The Morgan fingerprint density at radius 3 is 2.70 bits per heavy atom. The summed E-state index contributed by atoms with van der Waals surface area (Å²) in [5, 5.41) is 4.40. The molecule has 1 aliphatic heterocycles. The number of primary amides is 1. The Hall–Kier alpha value is -2.67. The molecule has 27 heavy (non-hydrogen) atoms. The summed E-state index contributed by atoms with van der Waals surface area (Å²) < 4.78 is 1.83. The number of rotatable bonds is 6. The Morgan fingerprint density at radius 1 is 1.30 bits per heavy atom. The van der Waals surface area contributed by atoms with E-state index < -0.39 is 0 Å². The van der Waals surface area contributed by atoms with E-state index >= 15 is 0 Å². The van der Waals surface area contributed by atoms with E-state index in [4.69, 9.17) is 5.73 Å². The minimum absolute atomic E-state index is 0.0541. The molecule has 0 saturated carbocycles. The molecule has 2 N–H and O–H groups in total. The third-order valence-corrected chi connectivity index (χ3v) is 5.10. The van der Waals surface area contributed by atoms with Crippen LogP contribution in [-0.2, 0) is 16.1 Å². The first-order chi connectivity index (χ1) is 12.9. The molecule has 1 aliphatic rings. The summed E-state index contributed by atoms with van der Waals surface area (Å²) in [6.07, 6.45) is 5.21. The van der Waals surface area contributed by atoms with Crippen molar-refractivity contribution in [3.05, 3.63) is 47.8 Å². The molecule has 7 heteroatoms. The summed E-state index contributed by atoms with van der Waals surface area (Å²) in [4.78, 5) is 27.6. The van der Waals surface area contributed by atoms with Gasteiger partial charge in [0.15, 0.2) is 0 Å². The van der Waals surface area contributed by atoms with Crippen LogP contribution < -0.4 is 5.73 Å². The highest BCUT2D eigenvalue weighted by molar-refractivity contribution is 5.78. The van der Waals surface area contributed by atoms with Crippen molar-refractivity contribution in [3.8, 4) is 5.69 Å². The molecule has 7 nitrogen and oxygen atoms in total. The summed E-state index contributed by atoms with van der Waals surface area (Å²) >= 11 is 0. The standard InChI is InChI=1S/C20H27N5O2/c1-15-4-3-5-18(10-15)25-13-16(11-22-25)12-23(2)19(26)14-24-8-6-17(7-9-24)20(21)27/h3-5,10-11,13,17H,6-9,12,14H2,1-2H3,(H2,21,27). The molecule has 1 saturated heterocycles. The number of aromatic nitrogens is 2. The second-order valence-corrected chi connectivity index (χ2v) is 7.33. The van der Waals surface area contributed by atoms with Gasteiger partial charge in [0.2, 0.25) is 11.8 Å². The van der Waals surface area contributed by atoms with Crippen molar-refractivity contribution in [3.63, 3.8) is 0 Å². The lowest BCUT2D eigenvalue weighted by molar-refractivity contribution is -0.132. The Bertz CT molecular complexity index is 808. The van der Waals surface area contributed by atoms with Gasteiger partial charge in [-0.05, 0) is 50.6 Å². The third kappa shape index (κ3) is 4.95. The average molecular weight is 369 g/mol. The van der Waals surface area contributed by atoms with E-state index in [0.717, 1.165) is 37.2 Å². The summed E-state index contributed by atoms with van der Waals surface area (Å²) in [6.45, 7) is 4.40. The molecule has 0 spiro atoms. The van der Waals surface area contributed by atoms with Crippen LogP contribution in [0.25, 0.3) is 5.69 Å². The van der Waals surface area contributed by atoms with Crippen molar-refractivity contribution in [1.82, 2.24) is 19.6 Å². The number of hydrogen-bond donors (Lipinski definition) is 1. The molecule has 3 rings (SSSR count). The molecular weight excluding hydrogens is 342 g/mol. The van der Waals surface area contributed by atoms with Crippen molar-refractivity contribution < 1.29 is 9.59 Å². The van der Waals surface area contributed by atoms with Gasteiger partial charge >= 0.3 is 0 Å². The molecule has 144 valence electrons. The number of piperidine rings is 1. The van der Waals surface area contributed by atoms with Gasteiger partial charge in [0.1, 0.15) is 0 Å². The van der Waals surface area contributed by atoms with Crippen molar-refractivity contribution in [2.24, 2.45) is 11.7 Å². The van der Waals surface area contributed by atoms with Crippen LogP contribution in [0.2, 0.25) is 0 Å². The highest BCUT2D eigenvalue weighted by atomic mass is 16.2. The molecule has 1 aromatic heterocycles. The fourth-order valence-corrected chi connectivity index (χ4v) is 3.40. The molecule has 0 bridgehead atoms.